The van der Waals surface area contributed by atoms with E-state index < -0.39 is 22.7 Å². The van der Waals surface area contributed by atoms with Crippen LogP contribution in [-0.4, -0.2) is 35.5 Å². The molecule has 1 rings (SSSR count). The molecule has 1 aromatic rings. The SMILES string of the molecule is COC(CNS(=O)(=O)c1ccc(C(F)F)cc1)OC. The molecule has 0 spiro atoms. The topological polar surface area (TPSA) is 64.6 Å². The van der Waals surface area contributed by atoms with E-state index in [1.165, 1.54) is 14.2 Å². The van der Waals surface area contributed by atoms with Gasteiger partial charge in [-0.05, 0) is 12.1 Å². The Morgan fingerprint density at radius 2 is 1.68 bits per heavy atom. The van der Waals surface area contributed by atoms with Gasteiger partial charge in [-0.15, -0.1) is 0 Å². The first-order valence-corrected chi connectivity index (χ1v) is 6.82. The highest BCUT2D eigenvalue weighted by atomic mass is 32.2. The van der Waals surface area contributed by atoms with Crippen molar-refractivity contribution in [3.8, 4) is 0 Å². The van der Waals surface area contributed by atoms with E-state index in [1.807, 2.05) is 0 Å². The van der Waals surface area contributed by atoms with Gasteiger partial charge in [-0.2, -0.15) is 0 Å². The molecular weight excluding hydrogens is 280 g/mol. The monoisotopic (exact) mass is 295 g/mol. The van der Waals surface area contributed by atoms with Gasteiger partial charge in [-0.3, -0.25) is 0 Å². The van der Waals surface area contributed by atoms with Crippen LogP contribution in [0.1, 0.15) is 12.0 Å². The van der Waals surface area contributed by atoms with E-state index >= 15 is 0 Å². The van der Waals surface area contributed by atoms with Gasteiger partial charge in [0.15, 0.2) is 6.29 Å². The number of hydrogen-bond acceptors (Lipinski definition) is 4. The number of methoxy groups -OCH3 is 2. The standard InChI is InChI=1S/C11H15F2NO4S/c1-17-10(18-2)7-14-19(15,16)9-5-3-8(4-6-9)11(12)13/h3-6,10-11,14H,7H2,1-2H3. The second kappa shape index (κ2) is 6.90. The number of benzene rings is 1. The van der Waals surface area contributed by atoms with Crippen LogP contribution in [0.4, 0.5) is 8.78 Å². The van der Waals surface area contributed by atoms with Crippen LogP contribution in [0, 0.1) is 0 Å². The molecule has 0 saturated heterocycles. The number of halogens is 2. The highest BCUT2D eigenvalue weighted by molar-refractivity contribution is 7.89. The third kappa shape index (κ3) is 4.50. The summed E-state index contributed by atoms with van der Waals surface area (Å²) in [5.41, 5.74) is -0.231. The summed E-state index contributed by atoms with van der Waals surface area (Å²) in [6.07, 6.45) is -3.34. The lowest BCUT2D eigenvalue weighted by molar-refractivity contribution is -0.0960. The van der Waals surface area contributed by atoms with Crippen LogP contribution in [0.15, 0.2) is 29.2 Å². The average Bonchev–Trinajstić information content (AvgIpc) is 2.40. The first-order chi connectivity index (χ1) is 8.90. The lowest BCUT2D eigenvalue weighted by Crippen LogP contribution is -2.34. The molecule has 0 saturated carbocycles. The Kier molecular flexibility index (Phi) is 5.80. The molecule has 0 amide bonds. The van der Waals surface area contributed by atoms with Gasteiger partial charge in [0.2, 0.25) is 10.0 Å². The van der Waals surface area contributed by atoms with E-state index in [1.54, 1.807) is 0 Å². The van der Waals surface area contributed by atoms with Crippen LogP contribution >= 0.6 is 0 Å². The summed E-state index contributed by atoms with van der Waals surface area (Å²) in [7, 11) is -1.02. The highest BCUT2D eigenvalue weighted by Crippen LogP contribution is 2.20. The number of alkyl halides is 2. The molecule has 0 heterocycles. The van der Waals surface area contributed by atoms with Gasteiger partial charge in [0.25, 0.3) is 6.43 Å². The van der Waals surface area contributed by atoms with Crippen molar-refractivity contribution in [2.24, 2.45) is 0 Å². The average molecular weight is 295 g/mol. The second-order valence-corrected chi connectivity index (χ2v) is 5.39. The molecule has 0 aromatic heterocycles. The Bertz CT molecular complexity index is 486. The van der Waals surface area contributed by atoms with Crippen LogP contribution in [0.3, 0.4) is 0 Å². The molecule has 0 atom stereocenters. The molecule has 0 unspecified atom stereocenters. The maximum absolute atomic E-state index is 12.3. The Morgan fingerprint density at radius 1 is 1.16 bits per heavy atom. The molecule has 8 heteroatoms. The van der Waals surface area contributed by atoms with Crippen molar-refractivity contribution in [1.82, 2.24) is 4.72 Å². The van der Waals surface area contributed by atoms with Gasteiger partial charge in [-0.25, -0.2) is 21.9 Å². The lowest BCUT2D eigenvalue weighted by Gasteiger charge is -2.14. The number of ether oxygens (including phenoxy) is 2. The molecular formula is C11H15F2NO4S. The minimum absolute atomic E-state index is 0.0774. The maximum atomic E-state index is 12.3. The van der Waals surface area contributed by atoms with Crippen molar-refractivity contribution in [2.45, 2.75) is 17.6 Å². The van der Waals surface area contributed by atoms with Crippen molar-refractivity contribution < 1.29 is 26.7 Å². The first kappa shape index (κ1) is 16.0. The first-order valence-electron chi connectivity index (χ1n) is 5.34. The van der Waals surface area contributed by atoms with E-state index in [0.717, 1.165) is 24.3 Å². The zero-order valence-corrected chi connectivity index (χ0v) is 11.3. The Morgan fingerprint density at radius 3 is 2.11 bits per heavy atom. The number of nitrogens with one attached hydrogen (secondary N) is 1. The third-order valence-electron chi connectivity index (χ3n) is 2.41. The minimum Gasteiger partial charge on any atom is -0.355 e. The largest absolute Gasteiger partial charge is 0.355 e. The molecule has 0 aliphatic carbocycles. The van der Waals surface area contributed by atoms with Gasteiger partial charge < -0.3 is 9.47 Å². The zero-order valence-electron chi connectivity index (χ0n) is 10.5. The molecule has 0 radical (unpaired) electrons. The van der Waals surface area contributed by atoms with Crippen LogP contribution in [0.2, 0.25) is 0 Å². The van der Waals surface area contributed by atoms with Gasteiger partial charge >= 0.3 is 0 Å². The molecule has 0 fully saturated rings. The van der Waals surface area contributed by atoms with Crippen LogP contribution in [0.5, 0.6) is 0 Å². The smallest absolute Gasteiger partial charge is 0.263 e. The maximum Gasteiger partial charge on any atom is 0.263 e. The molecule has 0 aliphatic heterocycles. The summed E-state index contributed by atoms with van der Waals surface area (Å²) < 4.78 is 60.3. The zero-order chi connectivity index (χ0) is 14.5. The van der Waals surface area contributed by atoms with Crippen molar-refractivity contribution in [3.63, 3.8) is 0 Å². The number of rotatable bonds is 7. The van der Waals surface area contributed by atoms with E-state index in [2.05, 4.69) is 4.72 Å². The normalized spacial score (nSPS) is 12.3. The molecule has 1 N–H and O–H groups in total. The van der Waals surface area contributed by atoms with E-state index in [0.29, 0.717) is 0 Å². The molecule has 108 valence electrons. The van der Waals surface area contributed by atoms with Gasteiger partial charge in [0, 0.05) is 19.8 Å². The summed E-state index contributed by atoms with van der Waals surface area (Å²) in [6.45, 7) is -0.0774. The lowest BCUT2D eigenvalue weighted by atomic mass is 10.2. The van der Waals surface area contributed by atoms with Crippen LogP contribution in [-0.2, 0) is 19.5 Å². The molecule has 0 aliphatic rings. The van der Waals surface area contributed by atoms with E-state index in [9.17, 15) is 17.2 Å². The number of hydrogen-bond donors (Lipinski definition) is 1. The summed E-state index contributed by atoms with van der Waals surface area (Å²) >= 11 is 0. The fourth-order valence-corrected chi connectivity index (χ4v) is 2.33. The third-order valence-corrected chi connectivity index (χ3v) is 3.85. The fourth-order valence-electron chi connectivity index (χ4n) is 1.32. The van der Waals surface area contributed by atoms with Gasteiger partial charge in [-0.1, -0.05) is 12.1 Å². The van der Waals surface area contributed by atoms with Crippen LogP contribution in [0.25, 0.3) is 0 Å². The van der Waals surface area contributed by atoms with Crippen molar-refractivity contribution in [3.05, 3.63) is 29.8 Å². The summed E-state index contributed by atoms with van der Waals surface area (Å²) in [4.78, 5) is -0.0946. The molecule has 0 bridgehead atoms. The van der Waals surface area contributed by atoms with Crippen molar-refractivity contribution in [1.29, 1.82) is 0 Å². The molecule has 1 aromatic carbocycles. The van der Waals surface area contributed by atoms with Crippen LogP contribution < -0.4 is 4.72 Å². The quantitative estimate of drug-likeness (QED) is 0.775. The van der Waals surface area contributed by atoms with E-state index in [4.69, 9.17) is 9.47 Å². The summed E-state index contributed by atoms with van der Waals surface area (Å²) in [5.74, 6) is 0. The molecule has 5 nitrogen and oxygen atoms in total. The Hall–Kier alpha value is -1.09. The predicted molar refractivity (Wildman–Crippen MR) is 64.4 cm³/mol. The Balaban J connectivity index is 2.77. The molecule has 19 heavy (non-hydrogen) atoms. The predicted octanol–water partition coefficient (Wildman–Crippen LogP) is 1.52. The summed E-state index contributed by atoms with van der Waals surface area (Å²) in [5, 5.41) is 0. The summed E-state index contributed by atoms with van der Waals surface area (Å²) in [6, 6.07) is 4.39. The van der Waals surface area contributed by atoms with Gasteiger partial charge in [0.05, 0.1) is 11.4 Å². The van der Waals surface area contributed by atoms with Gasteiger partial charge in [0.1, 0.15) is 0 Å². The Labute approximate surface area is 110 Å². The highest BCUT2D eigenvalue weighted by Gasteiger charge is 2.17. The second-order valence-electron chi connectivity index (χ2n) is 3.62. The van der Waals surface area contributed by atoms with Crippen molar-refractivity contribution in [2.75, 3.05) is 20.8 Å². The van der Waals surface area contributed by atoms with E-state index in [-0.39, 0.29) is 17.0 Å². The minimum atomic E-state index is -3.77. The van der Waals surface area contributed by atoms with Crippen molar-refractivity contribution >= 4 is 10.0 Å². The number of sulfonamides is 1. The fraction of sp³-hybridized carbons (Fsp3) is 0.455.